The summed E-state index contributed by atoms with van der Waals surface area (Å²) in [5, 5.41) is 0. The van der Waals surface area contributed by atoms with Crippen molar-refractivity contribution in [3.05, 3.63) is 35.4 Å². The summed E-state index contributed by atoms with van der Waals surface area (Å²) in [4.78, 5) is 11.0. The minimum absolute atomic E-state index is 0.100. The monoisotopic (exact) mass is 260 g/mol. The first-order valence-corrected chi connectivity index (χ1v) is 7.45. The zero-order valence-corrected chi connectivity index (χ0v) is 11.9. The predicted molar refractivity (Wildman–Crippen MR) is 77.2 cm³/mol. The highest BCUT2D eigenvalue weighted by Crippen LogP contribution is 2.34. The molecule has 0 aromatic heterocycles. The van der Waals surface area contributed by atoms with Crippen molar-refractivity contribution in [1.29, 1.82) is 0 Å². The van der Waals surface area contributed by atoms with E-state index in [1.54, 1.807) is 0 Å². The highest BCUT2D eigenvalue weighted by Gasteiger charge is 2.16. The predicted octanol–water partition coefficient (Wildman–Crippen LogP) is 4.23. The molecule has 0 aliphatic heterocycles. The van der Waals surface area contributed by atoms with Crippen molar-refractivity contribution < 1.29 is 9.53 Å². The van der Waals surface area contributed by atoms with E-state index in [0.717, 1.165) is 25.2 Å². The van der Waals surface area contributed by atoms with Crippen LogP contribution in [0.4, 0.5) is 0 Å². The Kier molecular flexibility index (Phi) is 5.44. The Balaban J connectivity index is 1.74. The van der Waals surface area contributed by atoms with E-state index >= 15 is 0 Å². The lowest BCUT2D eigenvalue weighted by Gasteiger charge is -2.10. The molecule has 1 aromatic rings. The lowest BCUT2D eigenvalue weighted by molar-refractivity contribution is -0.140. The van der Waals surface area contributed by atoms with Gasteiger partial charge in [0.25, 0.3) is 0 Å². The maximum absolute atomic E-state index is 11.0. The Morgan fingerprint density at radius 3 is 2.47 bits per heavy atom. The van der Waals surface area contributed by atoms with E-state index < -0.39 is 0 Å². The summed E-state index contributed by atoms with van der Waals surface area (Å²) in [5.74, 6) is 0.699. The molecule has 1 saturated carbocycles. The van der Waals surface area contributed by atoms with E-state index in [2.05, 4.69) is 29.0 Å². The Bertz CT molecular complexity index is 388. The van der Waals surface area contributed by atoms with Crippen LogP contribution in [-0.4, -0.2) is 13.1 Å². The minimum Gasteiger partial charge on any atom is -0.469 e. The average molecular weight is 260 g/mol. The number of hydrogen-bond acceptors (Lipinski definition) is 2. The Hall–Kier alpha value is -1.31. The number of methoxy groups -OCH3 is 1. The highest BCUT2D eigenvalue weighted by atomic mass is 16.5. The van der Waals surface area contributed by atoms with Crippen molar-refractivity contribution in [2.24, 2.45) is 0 Å². The lowest BCUT2D eigenvalue weighted by atomic mass is 9.96. The van der Waals surface area contributed by atoms with Gasteiger partial charge in [0.15, 0.2) is 0 Å². The van der Waals surface area contributed by atoms with Crippen LogP contribution in [0.25, 0.3) is 0 Å². The number of rotatable bonds is 6. The quantitative estimate of drug-likeness (QED) is 0.565. The largest absolute Gasteiger partial charge is 0.469 e. The fourth-order valence-electron chi connectivity index (χ4n) is 2.92. The molecule has 0 amide bonds. The molecule has 2 rings (SSSR count). The summed E-state index contributed by atoms with van der Waals surface area (Å²) in [6.07, 6.45) is 9.06. The standard InChI is InChI=1S/C17H24O2/c1-19-17(18)9-5-2-6-14-10-12-16(13-11-14)15-7-3-4-8-15/h10-13,15H,2-9H2,1H3. The number of carbonyl (C=O) groups is 1. The van der Waals surface area contributed by atoms with E-state index in [9.17, 15) is 4.79 Å². The first-order chi connectivity index (χ1) is 9.29. The van der Waals surface area contributed by atoms with Gasteiger partial charge in [-0.1, -0.05) is 37.1 Å². The molecule has 0 spiro atoms. The molecular weight excluding hydrogens is 236 g/mol. The zero-order chi connectivity index (χ0) is 13.5. The number of aryl methyl sites for hydroxylation is 1. The second-order valence-electron chi connectivity index (χ2n) is 5.51. The van der Waals surface area contributed by atoms with Crippen LogP contribution in [-0.2, 0) is 16.0 Å². The van der Waals surface area contributed by atoms with Gasteiger partial charge in [-0.2, -0.15) is 0 Å². The van der Waals surface area contributed by atoms with Gasteiger partial charge >= 0.3 is 5.97 Å². The third-order valence-corrected chi connectivity index (χ3v) is 4.13. The van der Waals surface area contributed by atoms with Crippen LogP contribution >= 0.6 is 0 Å². The summed E-state index contributed by atoms with van der Waals surface area (Å²) in [5.41, 5.74) is 2.89. The number of benzene rings is 1. The summed E-state index contributed by atoms with van der Waals surface area (Å²) < 4.78 is 4.64. The van der Waals surface area contributed by atoms with Crippen LogP contribution in [0, 0.1) is 0 Å². The van der Waals surface area contributed by atoms with E-state index in [0.29, 0.717) is 6.42 Å². The van der Waals surface area contributed by atoms with Crippen molar-refractivity contribution in [3.8, 4) is 0 Å². The van der Waals surface area contributed by atoms with Crippen LogP contribution in [0.15, 0.2) is 24.3 Å². The van der Waals surface area contributed by atoms with Crippen LogP contribution in [0.2, 0.25) is 0 Å². The molecule has 1 aliphatic rings. The molecule has 1 fully saturated rings. The summed E-state index contributed by atoms with van der Waals surface area (Å²) >= 11 is 0. The number of carbonyl (C=O) groups excluding carboxylic acids is 1. The number of hydrogen-bond donors (Lipinski definition) is 0. The number of esters is 1. The van der Waals surface area contributed by atoms with E-state index in [1.807, 2.05) is 0 Å². The molecule has 2 nitrogen and oxygen atoms in total. The maximum atomic E-state index is 11.0. The first-order valence-electron chi connectivity index (χ1n) is 7.45. The molecule has 0 N–H and O–H groups in total. The average Bonchev–Trinajstić information content (AvgIpc) is 2.98. The van der Waals surface area contributed by atoms with Crippen molar-refractivity contribution >= 4 is 5.97 Å². The Morgan fingerprint density at radius 2 is 1.84 bits per heavy atom. The van der Waals surface area contributed by atoms with Gasteiger partial charge in [0.1, 0.15) is 0 Å². The molecule has 0 bridgehead atoms. The fraction of sp³-hybridized carbons (Fsp3) is 0.588. The zero-order valence-electron chi connectivity index (χ0n) is 11.9. The molecule has 0 atom stereocenters. The molecule has 1 aliphatic carbocycles. The second-order valence-corrected chi connectivity index (χ2v) is 5.51. The molecular formula is C17H24O2. The Morgan fingerprint density at radius 1 is 1.16 bits per heavy atom. The molecule has 0 saturated heterocycles. The van der Waals surface area contributed by atoms with Gasteiger partial charge in [0.2, 0.25) is 0 Å². The number of ether oxygens (including phenoxy) is 1. The van der Waals surface area contributed by atoms with Gasteiger partial charge in [0, 0.05) is 6.42 Å². The molecule has 2 heteroatoms. The number of unbranched alkanes of at least 4 members (excludes halogenated alkanes) is 1. The van der Waals surface area contributed by atoms with Crippen molar-refractivity contribution in [1.82, 2.24) is 0 Å². The first kappa shape index (κ1) is 14.1. The normalized spacial score (nSPS) is 15.6. The summed E-state index contributed by atoms with van der Waals surface area (Å²) in [6.45, 7) is 0. The molecule has 0 heterocycles. The summed E-state index contributed by atoms with van der Waals surface area (Å²) in [7, 11) is 1.45. The second kappa shape index (κ2) is 7.32. The van der Waals surface area contributed by atoms with Gasteiger partial charge < -0.3 is 4.74 Å². The van der Waals surface area contributed by atoms with Crippen molar-refractivity contribution in [2.45, 2.75) is 57.3 Å². The SMILES string of the molecule is COC(=O)CCCCc1ccc(C2CCCC2)cc1. The molecule has 19 heavy (non-hydrogen) atoms. The molecule has 0 unspecified atom stereocenters. The maximum Gasteiger partial charge on any atom is 0.305 e. The molecule has 0 radical (unpaired) electrons. The van der Waals surface area contributed by atoms with E-state index in [4.69, 9.17) is 0 Å². The topological polar surface area (TPSA) is 26.3 Å². The van der Waals surface area contributed by atoms with Crippen molar-refractivity contribution in [3.63, 3.8) is 0 Å². The molecule has 104 valence electrons. The van der Waals surface area contributed by atoms with E-state index in [-0.39, 0.29) is 5.97 Å². The summed E-state index contributed by atoms with van der Waals surface area (Å²) in [6, 6.07) is 9.11. The van der Waals surface area contributed by atoms with Gasteiger partial charge in [-0.3, -0.25) is 4.79 Å². The van der Waals surface area contributed by atoms with Crippen molar-refractivity contribution in [2.75, 3.05) is 7.11 Å². The lowest BCUT2D eigenvalue weighted by Crippen LogP contribution is -1.99. The third-order valence-electron chi connectivity index (χ3n) is 4.13. The van der Waals surface area contributed by atoms with Gasteiger partial charge in [-0.25, -0.2) is 0 Å². The molecule has 1 aromatic carbocycles. The van der Waals surface area contributed by atoms with Crippen LogP contribution in [0.5, 0.6) is 0 Å². The third kappa shape index (κ3) is 4.38. The van der Waals surface area contributed by atoms with E-state index in [1.165, 1.54) is 43.9 Å². The smallest absolute Gasteiger partial charge is 0.305 e. The highest BCUT2D eigenvalue weighted by molar-refractivity contribution is 5.68. The van der Waals surface area contributed by atoms with Gasteiger partial charge in [0.05, 0.1) is 7.11 Å². The fourth-order valence-corrected chi connectivity index (χ4v) is 2.92. The van der Waals surface area contributed by atoms with Gasteiger partial charge in [-0.05, 0) is 49.1 Å². The Labute approximate surface area is 116 Å². The minimum atomic E-state index is -0.100. The van der Waals surface area contributed by atoms with Crippen LogP contribution < -0.4 is 0 Å². The van der Waals surface area contributed by atoms with Crippen LogP contribution in [0.1, 0.15) is 62.0 Å². The van der Waals surface area contributed by atoms with Crippen LogP contribution in [0.3, 0.4) is 0 Å². The van der Waals surface area contributed by atoms with Gasteiger partial charge in [-0.15, -0.1) is 0 Å².